The SMILES string of the molecule is C=S1(=O)CCC(C(=O)N2CCN(c3nnc(C(F)(F)F)s3)CC2c2ncc(C)s2)CC1. The Morgan fingerprint density at radius 3 is 2.52 bits per heavy atom. The number of rotatable bonds is 3. The van der Waals surface area contributed by atoms with Crippen LogP contribution in [0.1, 0.15) is 33.8 Å². The van der Waals surface area contributed by atoms with Gasteiger partial charge in [0.2, 0.25) is 16.0 Å². The van der Waals surface area contributed by atoms with Crippen LogP contribution in [0.15, 0.2) is 6.20 Å². The zero-order chi connectivity index (χ0) is 22.4. The minimum Gasteiger partial charge on any atom is -0.342 e. The average Bonchev–Trinajstić information content (AvgIpc) is 3.36. The highest BCUT2D eigenvalue weighted by atomic mass is 32.2. The van der Waals surface area contributed by atoms with Crippen molar-refractivity contribution in [2.24, 2.45) is 5.92 Å². The van der Waals surface area contributed by atoms with Crippen LogP contribution in [0.3, 0.4) is 0 Å². The van der Waals surface area contributed by atoms with Crippen LogP contribution in [-0.4, -0.2) is 67.2 Å². The lowest BCUT2D eigenvalue weighted by molar-refractivity contribution is -0.139. The number of carbonyl (C=O) groups is 1. The molecule has 2 fully saturated rings. The van der Waals surface area contributed by atoms with Crippen molar-refractivity contribution in [1.82, 2.24) is 20.1 Å². The van der Waals surface area contributed by atoms with Gasteiger partial charge in [-0.15, -0.1) is 21.5 Å². The second-order valence-electron chi connectivity index (χ2n) is 7.84. The number of thiazole rings is 1. The van der Waals surface area contributed by atoms with E-state index in [4.69, 9.17) is 0 Å². The molecule has 31 heavy (non-hydrogen) atoms. The molecule has 4 heterocycles. The van der Waals surface area contributed by atoms with Gasteiger partial charge in [0.05, 0.1) is 0 Å². The highest BCUT2D eigenvalue weighted by molar-refractivity contribution is 8.00. The van der Waals surface area contributed by atoms with Crippen molar-refractivity contribution in [2.45, 2.75) is 32.0 Å². The second kappa shape index (κ2) is 8.32. The van der Waals surface area contributed by atoms with Gasteiger partial charge in [0.25, 0.3) is 0 Å². The Kier molecular flexibility index (Phi) is 6.03. The van der Waals surface area contributed by atoms with E-state index in [1.54, 1.807) is 16.0 Å². The van der Waals surface area contributed by atoms with Crippen LogP contribution in [0.4, 0.5) is 18.3 Å². The highest BCUT2D eigenvalue weighted by Gasteiger charge is 2.40. The van der Waals surface area contributed by atoms with E-state index in [0.29, 0.717) is 55.3 Å². The zero-order valence-electron chi connectivity index (χ0n) is 16.8. The molecule has 0 radical (unpaired) electrons. The molecule has 0 saturated carbocycles. The number of carbonyl (C=O) groups excluding carboxylic acids is 1. The number of aromatic nitrogens is 3. The van der Waals surface area contributed by atoms with Crippen LogP contribution in [-0.2, 0) is 20.5 Å². The Hall–Kier alpha value is -1.73. The Balaban J connectivity index is 1.56. The van der Waals surface area contributed by atoms with E-state index in [-0.39, 0.29) is 23.0 Å². The van der Waals surface area contributed by atoms with Crippen molar-refractivity contribution in [1.29, 1.82) is 0 Å². The minimum atomic E-state index is -4.53. The fraction of sp³-hybridized carbons (Fsp3) is 0.611. The van der Waals surface area contributed by atoms with Gasteiger partial charge in [-0.2, -0.15) is 13.2 Å². The fourth-order valence-electron chi connectivity index (χ4n) is 3.86. The smallest absolute Gasteiger partial charge is 0.342 e. The maximum Gasteiger partial charge on any atom is 0.445 e. The lowest BCUT2D eigenvalue weighted by Gasteiger charge is -2.42. The van der Waals surface area contributed by atoms with Gasteiger partial charge in [0.1, 0.15) is 11.0 Å². The molecule has 2 aromatic rings. The van der Waals surface area contributed by atoms with Gasteiger partial charge in [-0.25, -0.2) is 4.98 Å². The summed E-state index contributed by atoms with van der Waals surface area (Å²) in [6.07, 6.45) is -1.73. The maximum atomic E-state index is 13.3. The largest absolute Gasteiger partial charge is 0.445 e. The summed E-state index contributed by atoms with van der Waals surface area (Å²) in [6.45, 7) is 2.92. The fourth-order valence-corrected chi connectivity index (χ4v) is 7.12. The van der Waals surface area contributed by atoms with Crippen LogP contribution in [0.2, 0.25) is 0 Å². The zero-order valence-corrected chi connectivity index (χ0v) is 19.2. The second-order valence-corrected chi connectivity index (χ2v) is 12.8. The summed E-state index contributed by atoms with van der Waals surface area (Å²) in [5.41, 5.74) is 0. The summed E-state index contributed by atoms with van der Waals surface area (Å²) >= 11 is 1.97. The lowest BCUT2D eigenvalue weighted by Crippen LogP contribution is -2.53. The van der Waals surface area contributed by atoms with Crippen LogP contribution in [0.25, 0.3) is 0 Å². The molecule has 2 aliphatic rings. The predicted molar refractivity (Wildman–Crippen MR) is 116 cm³/mol. The van der Waals surface area contributed by atoms with E-state index >= 15 is 0 Å². The summed E-state index contributed by atoms with van der Waals surface area (Å²) in [5.74, 6) is 4.41. The van der Waals surface area contributed by atoms with Gasteiger partial charge in [-0.05, 0) is 35.2 Å². The van der Waals surface area contributed by atoms with Gasteiger partial charge in [0, 0.05) is 48.1 Å². The number of amides is 1. The Morgan fingerprint density at radius 2 is 1.94 bits per heavy atom. The maximum absolute atomic E-state index is 13.3. The van der Waals surface area contributed by atoms with Crippen LogP contribution in [0, 0.1) is 12.8 Å². The molecule has 4 rings (SSSR count). The summed E-state index contributed by atoms with van der Waals surface area (Å²) in [5, 5.41) is 6.96. The first-order valence-electron chi connectivity index (χ1n) is 9.74. The average molecular weight is 494 g/mol. The molecule has 7 nitrogen and oxygen atoms in total. The van der Waals surface area contributed by atoms with E-state index in [9.17, 15) is 22.2 Å². The molecule has 13 heteroatoms. The molecule has 0 bridgehead atoms. The number of alkyl halides is 3. The quantitative estimate of drug-likeness (QED) is 0.612. The van der Waals surface area contributed by atoms with Crippen molar-refractivity contribution in [3.05, 3.63) is 21.1 Å². The predicted octanol–water partition coefficient (Wildman–Crippen LogP) is 2.84. The number of aryl methyl sites for hydroxylation is 1. The molecule has 2 saturated heterocycles. The first kappa shape index (κ1) is 22.5. The minimum absolute atomic E-state index is 0.0133. The van der Waals surface area contributed by atoms with Crippen molar-refractivity contribution >= 4 is 49.1 Å². The van der Waals surface area contributed by atoms with E-state index in [1.165, 1.54) is 11.3 Å². The Morgan fingerprint density at radius 1 is 1.23 bits per heavy atom. The lowest BCUT2D eigenvalue weighted by atomic mass is 9.99. The summed E-state index contributed by atoms with van der Waals surface area (Å²) in [6, 6.07) is -0.385. The van der Waals surface area contributed by atoms with Crippen LogP contribution < -0.4 is 4.90 Å². The third-order valence-corrected chi connectivity index (χ3v) is 9.54. The highest BCUT2D eigenvalue weighted by Crippen LogP contribution is 2.37. The molecule has 2 aromatic heterocycles. The van der Waals surface area contributed by atoms with Crippen molar-refractivity contribution < 1.29 is 22.2 Å². The molecule has 170 valence electrons. The summed E-state index contributed by atoms with van der Waals surface area (Å²) in [4.78, 5) is 22.3. The molecule has 1 amide bonds. The van der Waals surface area contributed by atoms with Crippen molar-refractivity contribution in [3.8, 4) is 0 Å². The number of nitrogens with zero attached hydrogens (tertiary/aromatic N) is 5. The van der Waals surface area contributed by atoms with Gasteiger partial charge >= 0.3 is 6.18 Å². The number of hydrogen-bond acceptors (Lipinski definition) is 8. The van der Waals surface area contributed by atoms with E-state index in [1.807, 2.05) is 6.92 Å². The number of halogens is 3. The third-order valence-electron chi connectivity index (χ3n) is 5.54. The molecule has 0 aromatic carbocycles. The molecule has 1 atom stereocenters. The molecule has 2 aliphatic heterocycles. The standard InChI is InChI=1S/C18H22F3N5O2S3/c1-11-9-22-14(29-11)13-10-25(17-24-23-16(30-17)18(19,20)21)5-6-26(13)15(27)12-3-7-31(2,28)8-4-12/h9,12-13H,2-8,10H2,1H3. The molecular weight excluding hydrogens is 471 g/mol. The number of piperazine rings is 1. The molecule has 0 spiro atoms. The molecule has 1 unspecified atom stereocenters. The van der Waals surface area contributed by atoms with Gasteiger partial charge in [-0.1, -0.05) is 11.3 Å². The Labute approximate surface area is 186 Å². The topological polar surface area (TPSA) is 79.3 Å². The molecular formula is C18H22F3N5O2S3. The van der Waals surface area contributed by atoms with Gasteiger partial charge < -0.3 is 9.80 Å². The van der Waals surface area contributed by atoms with Crippen molar-refractivity contribution in [3.63, 3.8) is 0 Å². The van der Waals surface area contributed by atoms with Gasteiger partial charge in [0.15, 0.2) is 0 Å². The number of hydrogen-bond donors (Lipinski definition) is 0. The number of anilines is 1. The monoisotopic (exact) mass is 493 g/mol. The van der Waals surface area contributed by atoms with Gasteiger partial charge in [-0.3, -0.25) is 9.00 Å². The van der Waals surface area contributed by atoms with E-state index in [0.717, 1.165) is 9.88 Å². The first-order chi connectivity index (χ1) is 14.5. The van der Waals surface area contributed by atoms with E-state index in [2.05, 4.69) is 21.1 Å². The molecule has 0 N–H and O–H groups in total. The first-order valence-corrected chi connectivity index (χ1v) is 13.4. The summed E-state index contributed by atoms with van der Waals surface area (Å²) < 4.78 is 51.0. The Bertz CT molecular complexity index is 1050. The third kappa shape index (κ3) is 4.87. The van der Waals surface area contributed by atoms with Crippen LogP contribution in [0.5, 0.6) is 0 Å². The summed E-state index contributed by atoms with van der Waals surface area (Å²) in [7, 11) is -2.09. The van der Waals surface area contributed by atoms with Crippen LogP contribution >= 0.6 is 22.7 Å². The molecule has 0 aliphatic carbocycles. The van der Waals surface area contributed by atoms with E-state index < -0.39 is 20.7 Å². The van der Waals surface area contributed by atoms with Crippen molar-refractivity contribution in [2.75, 3.05) is 36.0 Å². The normalized spacial score (nSPS) is 27.5.